The third-order valence-electron chi connectivity index (χ3n) is 4.76. The molecule has 0 fully saturated rings. The van der Waals surface area contributed by atoms with Crippen LogP contribution < -0.4 is 11.1 Å². The van der Waals surface area contributed by atoms with Crippen LogP contribution in [0.5, 0.6) is 0 Å². The Hall–Kier alpha value is -3.57. The Labute approximate surface area is 181 Å². The van der Waals surface area contributed by atoms with E-state index in [0.29, 0.717) is 16.8 Å². The summed E-state index contributed by atoms with van der Waals surface area (Å²) in [4.78, 5) is 28.5. The maximum absolute atomic E-state index is 12.9. The normalized spacial score (nSPS) is 11.1. The predicted octanol–water partition coefficient (Wildman–Crippen LogP) is 3.99. The van der Waals surface area contributed by atoms with Crippen molar-refractivity contribution in [2.45, 2.75) is 6.16 Å². The molecule has 2 aromatic carbocycles. The van der Waals surface area contributed by atoms with Gasteiger partial charge in [-0.05, 0) is 49.3 Å². The molecule has 0 radical (unpaired) electrons. The van der Waals surface area contributed by atoms with Crippen molar-refractivity contribution in [1.82, 2.24) is 14.6 Å². The highest BCUT2D eigenvalue weighted by Gasteiger charge is 2.16. The third kappa shape index (κ3) is 4.62. The van der Waals surface area contributed by atoms with Gasteiger partial charge in [-0.3, -0.25) is 9.59 Å². The number of amides is 2. The van der Waals surface area contributed by atoms with Crippen LogP contribution in [-0.2, 0) is 6.16 Å². The first-order valence-electron chi connectivity index (χ1n) is 9.70. The molecular formula is C23H22N5O2P. The molecule has 0 aliphatic carbocycles. The van der Waals surface area contributed by atoms with Gasteiger partial charge >= 0.3 is 0 Å². The Balaban J connectivity index is 1.62. The third-order valence-corrected chi connectivity index (χ3v) is 5.76. The summed E-state index contributed by atoms with van der Waals surface area (Å²) < 4.78 is 1.64. The van der Waals surface area contributed by atoms with Gasteiger partial charge in [0.2, 0.25) is 5.91 Å². The van der Waals surface area contributed by atoms with Gasteiger partial charge in [-0.1, -0.05) is 30.3 Å². The standard InChI is InChI=1S/C23H22N5O2P/c1-31(2)14-15-6-8-16(9-7-15)19-13-20-21(25-10-11-28(20)27-19)23(30)26-18-5-3-4-17(12-18)22(24)29/h3-13H,14H2,1-2H3,(H2,24,29)(H,26,30). The summed E-state index contributed by atoms with van der Waals surface area (Å²) in [5.74, 6) is -0.953. The molecule has 2 amide bonds. The highest BCUT2D eigenvalue weighted by atomic mass is 31.1. The molecule has 3 N–H and O–H groups in total. The summed E-state index contributed by atoms with van der Waals surface area (Å²) in [7, 11) is 0.00614. The van der Waals surface area contributed by atoms with Crippen LogP contribution in [0.2, 0.25) is 0 Å². The molecular weight excluding hydrogens is 409 g/mol. The maximum atomic E-state index is 12.9. The van der Waals surface area contributed by atoms with E-state index in [4.69, 9.17) is 5.73 Å². The molecule has 2 aromatic heterocycles. The lowest BCUT2D eigenvalue weighted by Gasteiger charge is -2.06. The van der Waals surface area contributed by atoms with Crippen molar-refractivity contribution >= 4 is 30.9 Å². The van der Waals surface area contributed by atoms with E-state index in [9.17, 15) is 9.59 Å². The molecule has 2 heterocycles. The van der Waals surface area contributed by atoms with Crippen molar-refractivity contribution < 1.29 is 9.59 Å². The van der Waals surface area contributed by atoms with E-state index in [-0.39, 0.29) is 13.6 Å². The Bertz CT molecular complexity index is 1260. The quantitative estimate of drug-likeness (QED) is 0.451. The molecule has 0 aliphatic heterocycles. The van der Waals surface area contributed by atoms with E-state index in [2.05, 4.69) is 53.0 Å². The fourth-order valence-corrected chi connectivity index (χ4v) is 4.27. The van der Waals surface area contributed by atoms with Crippen molar-refractivity contribution in [2.24, 2.45) is 5.73 Å². The van der Waals surface area contributed by atoms with Crippen LogP contribution in [0.3, 0.4) is 0 Å². The predicted molar refractivity (Wildman–Crippen MR) is 124 cm³/mol. The van der Waals surface area contributed by atoms with E-state index in [1.807, 2.05) is 6.07 Å². The van der Waals surface area contributed by atoms with Crippen LogP contribution in [-0.4, -0.2) is 39.7 Å². The number of rotatable bonds is 6. The summed E-state index contributed by atoms with van der Waals surface area (Å²) in [6.07, 6.45) is 4.33. The van der Waals surface area contributed by atoms with Gasteiger partial charge in [0.25, 0.3) is 5.91 Å². The highest BCUT2D eigenvalue weighted by molar-refractivity contribution is 7.55. The highest BCUT2D eigenvalue weighted by Crippen LogP contribution is 2.31. The van der Waals surface area contributed by atoms with Crippen LogP contribution in [0.4, 0.5) is 5.69 Å². The maximum Gasteiger partial charge on any atom is 0.276 e. The first-order valence-corrected chi connectivity index (χ1v) is 12.1. The molecule has 0 unspecified atom stereocenters. The van der Waals surface area contributed by atoms with Crippen molar-refractivity contribution in [2.75, 3.05) is 18.6 Å². The average Bonchev–Trinajstić information content (AvgIpc) is 3.18. The van der Waals surface area contributed by atoms with Gasteiger partial charge in [-0.2, -0.15) is 5.10 Å². The number of nitrogens with zero attached hydrogens (tertiary/aromatic N) is 3. The van der Waals surface area contributed by atoms with E-state index in [0.717, 1.165) is 17.4 Å². The summed E-state index contributed by atoms with van der Waals surface area (Å²) in [6.45, 7) is 4.52. The number of anilines is 1. The Kier molecular flexibility index (Phi) is 5.78. The number of primary amides is 1. The monoisotopic (exact) mass is 431 g/mol. The Morgan fingerprint density at radius 1 is 1.10 bits per heavy atom. The van der Waals surface area contributed by atoms with E-state index < -0.39 is 11.8 Å². The molecule has 0 saturated heterocycles. The van der Waals surface area contributed by atoms with Gasteiger partial charge in [0.1, 0.15) is 0 Å². The first kappa shape index (κ1) is 20.7. The molecule has 31 heavy (non-hydrogen) atoms. The van der Waals surface area contributed by atoms with Crippen molar-refractivity contribution in [3.05, 3.63) is 83.8 Å². The average molecular weight is 431 g/mol. The number of carbonyl (C=O) groups excluding carboxylic acids is 2. The van der Waals surface area contributed by atoms with Crippen molar-refractivity contribution in [1.29, 1.82) is 0 Å². The molecule has 0 aliphatic rings. The van der Waals surface area contributed by atoms with Crippen LogP contribution in [0.1, 0.15) is 26.4 Å². The fraction of sp³-hybridized carbons (Fsp3) is 0.130. The van der Waals surface area contributed by atoms with Gasteiger partial charge < -0.3 is 11.1 Å². The lowest BCUT2D eigenvalue weighted by molar-refractivity contribution is 0.0995. The lowest BCUT2D eigenvalue weighted by Crippen LogP contribution is -2.16. The number of hydrogen-bond acceptors (Lipinski definition) is 4. The number of carbonyl (C=O) groups is 2. The second-order valence-electron chi connectivity index (χ2n) is 7.47. The first-order chi connectivity index (χ1) is 14.9. The number of fused-ring (bicyclic) bond motifs is 1. The molecule has 0 saturated carbocycles. The number of aromatic nitrogens is 3. The minimum Gasteiger partial charge on any atom is -0.366 e. The van der Waals surface area contributed by atoms with Crippen LogP contribution in [0.25, 0.3) is 16.8 Å². The number of nitrogens with one attached hydrogen (secondary N) is 1. The minimum atomic E-state index is -0.558. The Morgan fingerprint density at radius 2 is 1.87 bits per heavy atom. The van der Waals surface area contributed by atoms with Crippen LogP contribution in [0, 0.1) is 0 Å². The van der Waals surface area contributed by atoms with Crippen LogP contribution in [0.15, 0.2) is 67.0 Å². The van der Waals surface area contributed by atoms with Crippen molar-refractivity contribution in [3.8, 4) is 11.3 Å². The topological polar surface area (TPSA) is 102 Å². The van der Waals surface area contributed by atoms with E-state index in [1.165, 1.54) is 17.8 Å². The van der Waals surface area contributed by atoms with E-state index in [1.54, 1.807) is 28.9 Å². The Morgan fingerprint density at radius 3 is 2.58 bits per heavy atom. The minimum absolute atomic E-state index is 0.00614. The number of benzene rings is 2. The molecule has 156 valence electrons. The molecule has 0 spiro atoms. The van der Waals surface area contributed by atoms with Gasteiger partial charge in [0.05, 0.1) is 11.2 Å². The van der Waals surface area contributed by atoms with Gasteiger partial charge in [-0.15, -0.1) is 7.92 Å². The molecule has 0 bridgehead atoms. The molecule has 8 heteroatoms. The zero-order valence-electron chi connectivity index (χ0n) is 17.2. The van der Waals surface area contributed by atoms with Gasteiger partial charge in [0, 0.05) is 29.2 Å². The number of nitrogens with two attached hydrogens (primary N) is 1. The SMILES string of the molecule is CP(C)Cc1ccc(-c2cc3c(C(=O)Nc4cccc(C(N)=O)c4)nccn3n2)cc1. The zero-order valence-corrected chi connectivity index (χ0v) is 18.1. The molecule has 0 atom stereocenters. The lowest BCUT2D eigenvalue weighted by atomic mass is 10.1. The van der Waals surface area contributed by atoms with Gasteiger partial charge in [0.15, 0.2) is 5.69 Å². The summed E-state index contributed by atoms with van der Waals surface area (Å²) in [5.41, 5.74) is 9.98. The summed E-state index contributed by atoms with van der Waals surface area (Å²) >= 11 is 0. The van der Waals surface area contributed by atoms with Crippen LogP contribution >= 0.6 is 7.92 Å². The van der Waals surface area contributed by atoms with Gasteiger partial charge in [-0.25, -0.2) is 9.50 Å². The molecule has 4 aromatic rings. The number of hydrogen-bond donors (Lipinski definition) is 2. The van der Waals surface area contributed by atoms with E-state index >= 15 is 0 Å². The fourth-order valence-electron chi connectivity index (χ4n) is 3.32. The smallest absolute Gasteiger partial charge is 0.276 e. The summed E-state index contributed by atoms with van der Waals surface area (Å²) in [5, 5.41) is 7.37. The second kappa shape index (κ2) is 8.66. The largest absolute Gasteiger partial charge is 0.366 e. The molecule has 7 nitrogen and oxygen atoms in total. The molecule has 4 rings (SSSR count). The zero-order chi connectivity index (χ0) is 22.0. The van der Waals surface area contributed by atoms with Crippen molar-refractivity contribution in [3.63, 3.8) is 0 Å². The second-order valence-corrected chi connectivity index (χ2v) is 9.94. The summed E-state index contributed by atoms with van der Waals surface area (Å²) in [6, 6.07) is 16.7.